The Hall–Kier alpha value is -1.62. The fourth-order valence-electron chi connectivity index (χ4n) is 3.11. The summed E-state index contributed by atoms with van der Waals surface area (Å²) >= 11 is 0. The van der Waals surface area contributed by atoms with Gasteiger partial charge in [0, 0.05) is 24.3 Å². The highest BCUT2D eigenvalue weighted by Crippen LogP contribution is 2.23. The van der Waals surface area contributed by atoms with Gasteiger partial charge in [0.05, 0.1) is 0 Å². The molecule has 2 rings (SSSR count). The number of anilines is 1. The van der Waals surface area contributed by atoms with Crippen molar-refractivity contribution < 1.29 is 4.79 Å². The summed E-state index contributed by atoms with van der Waals surface area (Å²) in [6.07, 6.45) is 5.96. The fourth-order valence-corrected chi connectivity index (χ4v) is 3.11. The Bertz CT molecular complexity index is 489. The number of nitrogens with one attached hydrogen (secondary N) is 1. The Balaban J connectivity index is 2.07. The van der Waals surface area contributed by atoms with Crippen molar-refractivity contribution in [3.8, 4) is 0 Å². The van der Waals surface area contributed by atoms with Crippen molar-refractivity contribution in [2.24, 2.45) is 11.8 Å². The van der Waals surface area contributed by atoms with E-state index in [1.807, 2.05) is 17.9 Å². The molecule has 5 nitrogen and oxygen atoms in total. The Morgan fingerprint density at radius 2 is 2.24 bits per heavy atom. The monoisotopic (exact) mass is 290 g/mol. The number of pyridine rings is 1. The first-order valence-electron chi connectivity index (χ1n) is 7.88. The summed E-state index contributed by atoms with van der Waals surface area (Å²) in [5, 5.41) is 0. The van der Waals surface area contributed by atoms with Crippen LogP contribution in [0.2, 0.25) is 0 Å². The normalized spacial score (nSPS) is 19.2. The molecular weight excluding hydrogens is 264 g/mol. The Labute approximate surface area is 126 Å². The molecule has 0 aliphatic carbocycles. The molecule has 1 aromatic rings. The number of amides is 1. The number of hydrazine groups is 1. The van der Waals surface area contributed by atoms with Crippen molar-refractivity contribution in [2.45, 2.75) is 46.0 Å². The van der Waals surface area contributed by atoms with Crippen LogP contribution in [0.25, 0.3) is 0 Å². The first kappa shape index (κ1) is 15.8. The minimum atomic E-state index is 0.0918. The largest absolute Gasteiger partial charge is 0.339 e. The molecule has 0 saturated carbocycles. The fraction of sp³-hybridized carbons (Fsp3) is 0.625. The lowest BCUT2D eigenvalue weighted by Crippen LogP contribution is -2.32. The molecule has 0 radical (unpaired) electrons. The summed E-state index contributed by atoms with van der Waals surface area (Å²) in [4.78, 5) is 18.9. The van der Waals surface area contributed by atoms with Gasteiger partial charge in [0.1, 0.15) is 5.82 Å². The number of likely N-dealkylation sites (tertiary alicyclic amines) is 1. The van der Waals surface area contributed by atoms with E-state index in [4.69, 9.17) is 5.84 Å². The van der Waals surface area contributed by atoms with Crippen molar-refractivity contribution in [3.05, 3.63) is 23.4 Å². The molecule has 116 valence electrons. The number of hydrogen-bond acceptors (Lipinski definition) is 4. The zero-order valence-electron chi connectivity index (χ0n) is 13.1. The number of carbonyl (C=O) groups is 1. The third-order valence-corrected chi connectivity index (χ3v) is 4.18. The molecule has 3 N–H and O–H groups in total. The third-order valence-electron chi connectivity index (χ3n) is 4.18. The van der Waals surface area contributed by atoms with Gasteiger partial charge in [-0.2, -0.15) is 0 Å². The maximum Gasteiger partial charge on any atom is 0.254 e. The summed E-state index contributed by atoms with van der Waals surface area (Å²) in [5.74, 6) is 6.81. The molecule has 1 aliphatic rings. The van der Waals surface area contributed by atoms with Crippen LogP contribution in [-0.2, 0) is 0 Å². The van der Waals surface area contributed by atoms with E-state index in [0.717, 1.165) is 37.5 Å². The molecule has 1 aromatic heterocycles. The number of rotatable bonds is 4. The van der Waals surface area contributed by atoms with Gasteiger partial charge in [-0.15, -0.1) is 0 Å². The van der Waals surface area contributed by atoms with Gasteiger partial charge in [-0.25, -0.2) is 10.8 Å². The molecule has 2 heterocycles. The molecule has 1 amide bonds. The van der Waals surface area contributed by atoms with Gasteiger partial charge >= 0.3 is 0 Å². The second-order valence-corrected chi connectivity index (χ2v) is 5.90. The molecule has 1 aliphatic heterocycles. The lowest BCUT2D eigenvalue weighted by molar-refractivity contribution is 0.0759. The highest BCUT2D eigenvalue weighted by Gasteiger charge is 2.21. The molecule has 5 heteroatoms. The summed E-state index contributed by atoms with van der Waals surface area (Å²) in [7, 11) is 0. The summed E-state index contributed by atoms with van der Waals surface area (Å²) < 4.78 is 0. The van der Waals surface area contributed by atoms with E-state index in [1.165, 1.54) is 19.3 Å². The number of hydrogen-bond donors (Lipinski definition) is 2. The molecule has 0 aromatic carbocycles. The summed E-state index contributed by atoms with van der Waals surface area (Å²) in [5.41, 5.74) is 3.99. The number of carbonyl (C=O) groups excluding carboxylic acids is 1. The lowest BCUT2D eigenvalue weighted by Gasteiger charge is -2.21. The van der Waals surface area contributed by atoms with Crippen LogP contribution in [0, 0.1) is 12.8 Å². The number of aryl methyl sites for hydroxylation is 1. The van der Waals surface area contributed by atoms with E-state index in [-0.39, 0.29) is 5.91 Å². The molecule has 1 unspecified atom stereocenters. The zero-order valence-corrected chi connectivity index (χ0v) is 13.1. The number of aromatic nitrogens is 1. The van der Waals surface area contributed by atoms with Crippen LogP contribution in [0.3, 0.4) is 0 Å². The van der Waals surface area contributed by atoms with Crippen molar-refractivity contribution >= 4 is 11.7 Å². The van der Waals surface area contributed by atoms with Crippen LogP contribution in [-0.4, -0.2) is 28.9 Å². The van der Waals surface area contributed by atoms with Crippen LogP contribution in [0.1, 0.15) is 55.1 Å². The molecule has 21 heavy (non-hydrogen) atoms. The van der Waals surface area contributed by atoms with Crippen LogP contribution in [0.15, 0.2) is 12.1 Å². The highest BCUT2D eigenvalue weighted by atomic mass is 16.2. The molecule has 0 bridgehead atoms. The average Bonchev–Trinajstić information content (AvgIpc) is 2.72. The quantitative estimate of drug-likeness (QED) is 0.660. The molecule has 1 fully saturated rings. The van der Waals surface area contributed by atoms with E-state index >= 15 is 0 Å². The van der Waals surface area contributed by atoms with Gasteiger partial charge in [-0.1, -0.05) is 19.8 Å². The Morgan fingerprint density at radius 3 is 2.95 bits per heavy atom. The molecule has 0 spiro atoms. The highest BCUT2D eigenvalue weighted by molar-refractivity contribution is 5.95. The lowest BCUT2D eigenvalue weighted by atomic mass is 9.96. The van der Waals surface area contributed by atoms with E-state index < -0.39 is 0 Å². The standard InChI is InChI=1S/C16H26N4O/c1-3-5-13-6-4-8-20(9-7-13)16(21)14-10-12(2)18-15(11-14)19-17/h10-11,13H,3-9,17H2,1-2H3,(H,18,19). The predicted molar refractivity (Wildman–Crippen MR) is 84.9 cm³/mol. The van der Waals surface area contributed by atoms with Gasteiger partial charge in [-0.05, 0) is 44.2 Å². The second kappa shape index (κ2) is 7.41. The van der Waals surface area contributed by atoms with Crippen molar-refractivity contribution in [3.63, 3.8) is 0 Å². The Morgan fingerprint density at radius 1 is 1.43 bits per heavy atom. The summed E-state index contributed by atoms with van der Waals surface area (Å²) in [6, 6.07) is 3.56. The Kier molecular flexibility index (Phi) is 5.56. The number of nitrogens with zero attached hydrogens (tertiary/aromatic N) is 2. The SMILES string of the molecule is CCCC1CCCN(C(=O)c2cc(C)nc(NN)c2)CC1. The minimum absolute atomic E-state index is 0.0918. The first-order chi connectivity index (χ1) is 10.1. The zero-order chi connectivity index (χ0) is 15.2. The van der Waals surface area contributed by atoms with Gasteiger partial charge < -0.3 is 10.3 Å². The van der Waals surface area contributed by atoms with Gasteiger partial charge in [-0.3, -0.25) is 4.79 Å². The minimum Gasteiger partial charge on any atom is -0.339 e. The molecular formula is C16H26N4O. The van der Waals surface area contributed by atoms with E-state index in [2.05, 4.69) is 17.3 Å². The van der Waals surface area contributed by atoms with Crippen LogP contribution in [0.5, 0.6) is 0 Å². The van der Waals surface area contributed by atoms with Gasteiger partial charge in [0.15, 0.2) is 0 Å². The predicted octanol–water partition coefficient (Wildman–Crippen LogP) is 2.72. The van der Waals surface area contributed by atoms with Gasteiger partial charge in [0.25, 0.3) is 5.91 Å². The van der Waals surface area contributed by atoms with Crippen molar-refractivity contribution in [1.29, 1.82) is 0 Å². The average molecular weight is 290 g/mol. The van der Waals surface area contributed by atoms with E-state index in [9.17, 15) is 4.79 Å². The van der Waals surface area contributed by atoms with Crippen LogP contribution >= 0.6 is 0 Å². The van der Waals surface area contributed by atoms with E-state index in [1.54, 1.807) is 6.07 Å². The number of nitrogens with two attached hydrogens (primary N) is 1. The maximum atomic E-state index is 12.7. The summed E-state index contributed by atoms with van der Waals surface area (Å²) in [6.45, 7) is 5.81. The third kappa shape index (κ3) is 4.17. The van der Waals surface area contributed by atoms with Crippen LogP contribution in [0.4, 0.5) is 5.82 Å². The van der Waals surface area contributed by atoms with Crippen LogP contribution < -0.4 is 11.3 Å². The van der Waals surface area contributed by atoms with Gasteiger partial charge in [0.2, 0.25) is 0 Å². The van der Waals surface area contributed by atoms with Crippen molar-refractivity contribution in [1.82, 2.24) is 9.88 Å². The van der Waals surface area contributed by atoms with Crippen molar-refractivity contribution in [2.75, 3.05) is 18.5 Å². The molecule has 1 saturated heterocycles. The van der Waals surface area contributed by atoms with E-state index in [0.29, 0.717) is 11.4 Å². The number of nitrogen functional groups attached to an aromatic ring is 1. The smallest absolute Gasteiger partial charge is 0.254 e. The topological polar surface area (TPSA) is 71.2 Å². The second-order valence-electron chi connectivity index (χ2n) is 5.90. The first-order valence-corrected chi connectivity index (χ1v) is 7.88. The maximum absolute atomic E-state index is 12.7. The molecule has 1 atom stereocenters.